The molecule has 0 aliphatic heterocycles. The molecule has 2 aromatic carbocycles. The molecule has 12 heteroatoms. The summed E-state index contributed by atoms with van der Waals surface area (Å²) in [5.41, 5.74) is -0.279. The molecule has 2 rings (SSSR count). The summed E-state index contributed by atoms with van der Waals surface area (Å²) in [7, 11) is 2.69. The number of nitrogens with one attached hydrogen (secondary N) is 2. The average molecular weight is 418 g/mol. The third kappa shape index (κ3) is 5.64. The maximum atomic E-state index is 12.2. The highest BCUT2D eigenvalue weighted by molar-refractivity contribution is 5.98. The van der Waals surface area contributed by atoms with Gasteiger partial charge in [-0.05, 0) is 12.1 Å². The van der Waals surface area contributed by atoms with Crippen LogP contribution in [0.2, 0.25) is 0 Å². The van der Waals surface area contributed by atoms with Crippen molar-refractivity contribution in [2.24, 2.45) is 0 Å². The lowest BCUT2D eigenvalue weighted by Crippen LogP contribution is -2.18. The van der Waals surface area contributed by atoms with E-state index in [1.807, 2.05) is 0 Å². The van der Waals surface area contributed by atoms with E-state index in [0.717, 1.165) is 12.1 Å². The van der Waals surface area contributed by atoms with Crippen molar-refractivity contribution in [3.63, 3.8) is 0 Å². The van der Waals surface area contributed by atoms with Gasteiger partial charge in [-0.2, -0.15) is 0 Å². The topological polar surface area (TPSA) is 163 Å². The summed E-state index contributed by atoms with van der Waals surface area (Å²) in [6.07, 6.45) is -0.482. The zero-order valence-electron chi connectivity index (χ0n) is 16.0. The van der Waals surface area contributed by atoms with E-state index in [9.17, 15) is 29.8 Å². The van der Waals surface area contributed by atoms with Crippen molar-refractivity contribution in [2.75, 3.05) is 24.9 Å². The third-order valence-corrected chi connectivity index (χ3v) is 3.92. The normalized spacial score (nSPS) is 10.1. The molecule has 2 amide bonds. The molecule has 158 valence electrons. The molecule has 12 nitrogen and oxygen atoms in total. The first kappa shape index (κ1) is 22.1. The van der Waals surface area contributed by atoms with Gasteiger partial charge in [-0.15, -0.1) is 0 Å². The Kier molecular flexibility index (Phi) is 7.22. The standard InChI is InChI=1S/C18H18N4O8/c1-29-15-5-3-11(21(25)26)9-13(15)19-17(23)7-8-18(24)20-14-10-12(22(27)28)4-6-16(14)30-2/h3-6,9-10H,7-8H2,1-2H3,(H,19,23)(H,20,24). The molecule has 0 atom stereocenters. The maximum absolute atomic E-state index is 12.2. The Labute approximate surface area is 170 Å². The number of ether oxygens (including phenoxy) is 2. The minimum atomic E-state index is -0.616. The number of nitrogens with zero attached hydrogens (tertiary/aromatic N) is 2. The number of hydrogen-bond donors (Lipinski definition) is 2. The lowest BCUT2D eigenvalue weighted by molar-refractivity contribution is -0.385. The number of rotatable bonds is 9. The molecular weight excluding hydrogens is 400 g/mol. The number of amides is 2. The molecule has 0 saturated heterocycles. The van der Waals surface area contributed by atoms with E-state index >= 15 is 0 Å². The lowest BCUT2D eigenvalue weighted by Gasteiger charge is -2.11. The van der Waals surface area contributed by atoms with Gasteiger partial charge in [0.05, 0.1) is 35.4 Å². The molecule has 30 heavy (non-hydrogen) atoms. The van der Waals surface area contributed by atoms with Crippen LogP contribution in [0.1, 0.15) is 12.8 Å². The highest BCUT2D eigenvalue weighted by atomic mass is 16.6. The van der Waals surface area contributed by atoms with Crippen molar-refractivity contribution >= 4 is 34.6 Å². The van der Waals surface area contributed by atoms with E-state index < -0.39 is 21.7 Å². The summed E-state index contributed by atoms with van der Waals surface area (Å²) in [5.74, 6) is -0.704. The van der Waals surface area contributed by atoms with Gasteiger partial charge in [0.1, 0.15) is 11.5 Å². The van der Waals surface area contributed by atoms with Gasteiger partial charge in [-0.3, -0.25) is 29.8 Å². The molecule has 0 saturated carbocycles. The van der Waals surface area contributed by atoms with Crippen LogP contribution in [0.4, 0.5) is 22.7 Å². The van der Waals surface area contributed by atoms with Gasteiger partial charge in [0.25, 0.3) is 11.4 Å². The van der Waals surface area contributed by atoms with Gasteiger partial charge in [-0.25, -0.2) is 0 Å². The quantitative estimate of drug-likeness (QED) is 0.464. The summed E-state index contributed by atoms with van der Waals surface area (Å²) < 4.78 is 10.1. The zero-order valence-corrected chi connectivity index (χ0v) is 16.0. The van der Waals surface area contributed by atoms with E-state index in [0.29, 0.717) is 0 Å². The average Bonchev–Trinajstić information content (AvgIpc) is 2.72. The fraction of sp³-hybridized carbons (Fsp3) is 0.222. The monoisotopic (exact) mass is 418 g/mol. The van der Waals surface area contributed by atoms with E-state index in [1.54, 1.807) is 0 Å². The predicted octanol–water partition coefficient (Wildman–Crippen LogP) is 2.88. The number of methoxy groups -OCH3 is 2. The van der Waals surface area contributed by atoms with E-state index in [1.165, 1.54) is 38.5 Å². The molecule has 0 fully saturated rings. The fourth-order valence-corrected chi connectivity index (χ4v) is 2.47. The molecular formula is C18H18N4O8. The summed E-state index contributed by atoms with van der Waals surface area (Å²) in [6, 6.07) is 7.43. The van der Waals surface area contributed by atoms with Crippen LogP contribution < -0.4 is 20.1 Å². The van der Waals surface area contributed by atoms with Crippen molar-refractivity contribution < 1.29 is 28.9 Å². The van der Waals surface area contributed by atoms with Crippen molar-refractivity contribution in [1.82, 2.24) is 0 Å². The van der Waals surface area contributed by atoms with Gasteiger partial charge in [0.2, 0.25) is 11.8 Å². The van der Waals surface area contributed by atoms with Gasteiger partial charge in [0, 0.05) is 37.1 Å². The smallest absolute Gasteiger partial charge is 0.271 e. The Morgan fingerprint density at radius 3 is 1.47 bits per heavy atom. The zero-order chi connectivity index (χ0) is 22.3. The second kappa shape index (κ2) is 9.82. The highest BCUT2D eigenvalue weighted by Crippen LogP contribution is 2.30. The number of anilines is 2. The summed E-state index contributed by atoms with van der Waals surface area (Å²) in [5, 5.41) is 26.7. The van der Waals surface area contributed by atoms with Gasteiger partial charge in [0.15, 0.2) is 0 Å². The van der Waals surface area contributed by atoms with Crippen LogP contribution in [-0.2, 0) is 9.59 Å². The Morgan fingerprint density at radius 2 is 1.17 bits per heavy atom. The van der Waals surface area contributed by atoms with E-state index in [-0.39, 0.29) is 47.1 Å². The van der Waals surface area contributed by atoms with Crippen LogP contribution in [0.15, 0.2) is 36.4 Å². The molecule has 0 unspecified atom stereocenters. The first-order valence-electron chi connectivity index (χ1n) is 8.49. The number of nitro benzene ring substituents is 2. The van der Waals surface area contributed by atoms with Crippen LogP contribution in [0.5, 0.6) is 11.5 Å². The molecule has 0 aliphatic carbocycles. The van der Waals surface area contributed by atoms with Gasteiger partial charge < -0.3 is 20.1 Å². The SMILES string of the molecule is COc1ccc([N+](=O)[O-])cc1NC(=O)CCC(=O)Nc1cc([N+](=O)[O-])ccc1OC. The molecule has 0 radical (unpaired) electrons. The lowest BCUT2D eigenvalue weighted by atomic mass is 10.2. The first-order valence-corrected chi connectivity index (χ1v) is 8.49. The second-order valence-electron chi connectivity index (χ2n) is 5.88. The number of benzene rings is 2. The Bertz CT molecular complexity index is 913. The minimum Gasteiger partial charge on any atom is -0.495 e. The third-order valence-electron chi connectivity index (χ3n) is 3.92. The van der Waals surface area contributed by atoms with E-state index in [2.05, 4.69) is 10.6 Å². The molecule has 0 aromatic heterocycles. The predicted molar refractivity (Wildman–Crippen MR) is 106 cm³/mol. The van der Waals surface area contributed by atoms with Crippen molar-refractivity contribution in [1.29, 1.82) is 0 Å². The number of carbonyl (C=O) groups is 2. The maximum Gasteiger partial charge on any atom is 0.271 e. The van der Waals surface area contributed by atoms with Gasteiger partial charge in [-0.1, -0.05) is 0 Å². The molecule has 0 spiro atoms. The fourth-order valence-electron chi connectivity index (χ4n) is 2.47. The highest BCUT2D eigenvalue weighted by Gasteiger charge is 2.16. The minimum absolute atomic E-state index is 0.0949. The van der Waals surface area contributed by atoms with Gasteiger partial charge >= 0.3 is 0 Å². The second-order valence-corrected chi connectivity index (χ2v) is 5.88. The first-order chi connectivity index (χ1) is 14.2. The number of carbonyl (C=O) groups excluding carboxylic acids is 2. The van der Waals surface area contributed by atoms with Crippen LogP contribution >= 0.6 is 0 Å². The van der Waals surface area contributed by atoms with E-state index in [4.69, 9.17) is 9.47 Å². The van der Waals surface area contributed by atoms with Crippen molar-refractivity contribution in [3.8, 4) is 11.5 Å². The summed E-state index contributed by atoms with van der Waals surface area (Å²) in [6.45, 7) is 0. The number of hydrogen-bond acceptors (Lipinski definition) is 8. The Morgan fingerprint density at radius 1 is 0.800 bits per heavy atom. The summed E-state index contributed by atoms with van der Waals surface area (Å²) >= 11 is 0. The Hall–Kier alpha value is -4.22. The molecule has 0 bridgehead atoms. The van der Waals surface area contributed by atoms with Crippen LogP contribution in [0.25, 0.3) is 0 Å². The molecule has 2 N–H and O–H groups in total. The molecule has 2 aromatic rings. The van der Waals surface area contributed by atoms with Crippen molar-refractivity contribution in [3.05, 3.63) is 56.6 Å². The molecule has 0 aliphatic rings. The number of nitro groups is 2. The van der Waals surface area contributed by atoms with Crippen LogP contribution in [0, 0.1) is 20.2 Å². The van der Waals surface area contributed by atoms with Crippen molar-refractivity contribution in [2.45, 2.75) is 12.8 Å². The van der Waals surface area contributed by atoms with Crippen LogP contribution in [0.3, 0.4) is 0 Å². The molecule has 0 heterocycles. The largest absolute Gasteiger partial charge is 0.495 e. The number of non-ortho nitro benzene ring substituents is 2. The Balaban J connectivity index is 2.01. The van der Waals surface area contributed by atoms with Crippen LogP contribution in [-0.4, -0.2) is 35.9 Å². The summed E-state index contributed by atoms with van der Waals surface area (Å²) in [4.78, 5) is 44.9.